The first-order valence-corrected chi connectivity index (χ1v) is 7.79. The number of benzene rings is 1. The van der Waals surface area contributed by atoms with Crippen LogP contribution in [0.5, 0.6) is 5.75 Å². The van der Waals surface area contributed by atoms with Gasteiger partial charge in [-0.2, -0.15) is 5.10 Å². The van der Waals surface area contributed by atoms with Crippen LogP contribution in [-0.2, 0) is 11.3 Å². The van der Waals surface area contributed by atoms with Crippen molar-refractivity contribution in [3.63, 3.8) is 0 Å². The standard InChI is InChI=1S/C18H17FN4O2/c19-15-1-3-16(4-2-15)25-13-18(24)21-10-12-23-11-7-17(22-23)14-5-8-20-9-6-14/h1-9,11H,10,12-13H2,(H,21,24). The third-order valence-corrected chi connectivity index (χ3v) is 3.46. The Labute approximate surface area is 144 Å². The van der Waals surface area contributed by atoms with Crippen molar-refractivity contribution in [2.24, 2.45) is 0 Å². The Hall–Kier alpha value is -3.22. The fourth-order valence-electron chi connectivity index (χ4n) is 2.20. The van der Waals surface area contributed by atoms with Crippen molar-refractivity contribution >= 4 is 5.91 Å². The molecular weight excluding hydrogens is 323 g/mol. The van der Waals surface area contributed by atoms with Crippen molar-refractivity contribution in [2.45, 2.75) is 6.54 Å². The largest absolute Gasteiger partial charge is 0.484 e. The number of ether oxygens (including phenoxy) is 1. The number of amides is 1. The van der Waals surface area contributed by atoms with Crippen LogP contribution in [0.3, 0.4) is 0 Å². The molecule has 1 N–H and O–H groups in total. The van der Waals surface area contributed by atoms with Gasteiger partial charge in [-0.15, -0.1) is 0 Å². The van der Waals surface area contributed by atoms with Crippen LogP contribution in [0.25, 0.3) is 11.3 Å². The minimum absolute atomic E-state index is 0.118. The normalized spacial score (nSPS) is 10.4. The van der Waals surface area contributed by atoms with Gasteiger partial charge in [0.05, 0.1) is 12.2 Å². The van der Waals surface area contributed by atoms with Crippen LogP contribution in [0.15, 0.2) is 61.1 Å². The van der Waals surface area contributed by atoms with Crippen LogP contribution >= 0.6 is 0 Å². The number of hydrogen-bond acceptors (Lipinski definition) is 4. The van der Waals surface area contributed by atoms with Crippen LogP contribution in [0, 0.1) is 5.82 Å². The number of aromatic nitrogens is 3. The maximum atomic E-state index is 12.8. The molecule has 7 heteroatoms. The highest BCUT2D eigenvalue weighted by atomic mass is 19.1. The second-order valence-corrected chi connectivity index (χ2v) is 5.29. The first-order valence-electron chi connectivity index (χ1n) is 7.79. The molecule has 3 rings (SSSR count). The van der Waals surface area contributed by atoms with E-state index in [1.807, 2.05) is 24.4 Å². The molecule has 0 fully saturated rings. The lowest BCUT2D eigenvalue weighted by Gasteiger charge is -2.07. The molecule has 1 amide bonds. The van der Waals surface area contributed by atoms with Gasteiger partial charge in [0.2, 0.25) is 0 Å². The molecule has 25 heavy (non-hydrogen) atoms. The molecule has 6 nitrogen and oxygen atoms in total. The van der Waals surface area contributed by atoms with Crippen LogP contribution in [0.1, 0.15) is 0 Å². The molecule has 3 aromatic rings. The third kappa shape index (κ3) is 4.87. The van der Waals surface area contributed by atoms with E-state index in [1.54, 1.807) is 17.1 Å². The number of carbonyl (C=O) groups is 1. The predicted molar refractivity (Wildman–Crippen MR) is 90.4 cm³/mol. The van der Waals surface area contributed by atoms with Crippen molar-refractivity contribution in [1.82, 2.24) is 20.1 Å². The molecule has 1 aromatic carbocycles. The van der Waals surface area contributed by atoms with Crippen LogP contribution < -0.4 is 10.1 Å². The molecular formula is C18H17FN4O2. The number of nitrogens with zero attached hydrogens (tertiary/aromatic N) is 3. The summed E-state index contributed by atoms with van der Waals surface area (Å²) >= 11 is 0. The van der Waals surface area contributed by atoms with Gasteiger partial charge < -0.3 is 10.1 Å². The summed E-state index contributed by atoms with van der Waals surface area (Å²) in [5.74, 6) is -0.140. The summed E-state index contributed by atoms with van der Waals surface area (Å²) in [6, 6.07) is 11.2. The quantitative estimate of drug-likeness (QED) is 0.716. The minimum atomic E-state index is -0.345. The molecule has 0 spiro atoms. The molecule has 2 heterocycles. The molecule has 0 saturated heterocycles. The Balaban J connectivity index is 1.41. The average Bonchev–Trinajstić information content (AvgIpc) is 3.11. The SMILES string of the molecule is O=C(COc1ccc(F)cc1)NCCn1ccc(-c2ccncc2)n1. The number of halogens is 1. The van der Waals surface area contributed by atoms with Gasteiger partial charge in [-0.3, -0.25) is 14.5 Å². The third-order valence-electron chi connectivity index (χ3n) is 3.46. The van der Waals surface area contributed by atoms with Gasteiger partial charge >= 0.3 is 0 Å². The highest BCUT2D eigenvalue weighted by Gasteiger charge is 2.04. The van der Waals surface area contributed by atoms with Crippen molar-refractivity contribution in [3.05, 3.63) is 66.9 Å². The van der Waals surface area contributed by atoms with E-state index >= 15 is 0 Å². The molecule has 0 bridgehead atoms. The van der Waals surface area contributed by atoms with E-state index in [0.29, 0.717) is 18.8 Å². The van der Waals surface area contributed by atoms with Gasteiger partial charge in [0, 0.05) is 30.7 Å². The Morgan fingerprint density at radius 1 is 1.12 bits per heavy atom. The summed E-state index contributed by atoms with van der Waals surface area (Å²) in [5, 5.41) is 7.20. The van der Waals surface area contributed by atoms with E-state index in [1.165, 1.54) is 24.3 Å². The molecule has 0 unspecified atom stereocenters. The fourth-order valence-corrected chi connectivity index (χ4v) is 2.20. The number of hydrogen-bond donors (Lipinski definition) is 1. The molecule has 0 radical (unpaired) electrons. The van der Waals surface area contributed by atoms with Crippen molar-refractivity contribution < 1.29 is 13.9 Å². The van der Waals surface area contributed by atoms with Crippen LogP contribution in [0.4, 0.5) is 4.39 Å². The first-order chi connectivity index (χ1) is 12.2. The second kappa shape index (κ2) is 8.05. The highest BCUT2D eigenvalue weighted by Crippen LogP contribution is 2.14. The van der Waals surface area contributed by atoms with E-state index < -0.39 is 0 Å². The van der Waals surface area contributed by atoms with Crippen LogP contribution in [-0.4, -0.2) is 33.8 Å². The predicted octanol–water partition coefficient (Wildman–Crippen LogP) is 2.28. The second-order valence-electron chi connectivity index (χ2n) is 5.29. The lowest BCUT2D eigenvalue weighted by molar-refractivity contribution is -0.123. The van der Waals surface area contributed by atoms with E-state index in [-0.39, 0.29) is 18.3 Å². The molecule has 0 atom stereocenters. The smallest absolute Gasteiger partial charge is 0.258 e. The van der Waals surface area contributed by atoms with Gasteiger partial charge in [0.15, 0.2) is 6.61 Å². The summed E-state index contributed by atoms with van der Waals surface area (Å²) in [4.78, 5) is 15.7. The Bertz CT molecular complexity index is 819. The van der Waals surface area contributed by atoms with E-state index in [9.17, 15) is 9.18 Å². The van der Waals surface area contributed by atoms with E-state index in [2.05, 4.69) is 15.4 Å². The lowest BCUT2D eigenvalue weighted by Crippen LogP contribution is -2.31. The maximum absolute atomic E-state index is 12.8. The number of carbonyl (C=O) groups excluding carboxylic acids is 1. The summed E-state index contributed by atoms with van der Waals surface area (Å²) in [7, 11) is 0. The zero-order valence-corrected chi connectivity index (χ0v) is 13.4. The van der Waals surface area contributed by atoms with E-state index in [0.717, 1.165) is 11.3 Å². The summed E-state index contributed by atoms with van der Waals surface area (Å²) in [6.45, 7) is 0.865. The molecule has 0 saturated carbocycles. The number of nitrogens with one attached hydrogen (secondary N) is 1. The lowest BCUT2D eigenvalue weighted by atomic mass is 10.2. The summed E-state index contributed by atoms with van der Waals surface area (Å²) in [5.41, 5.74) is 1.85. The Kier molecular flexibility index (Phi) is 5.36. The molecule has 0 aliphatic heterocycles. The van der Waals surface area contributed by atoms with Crippen molar-refractivity contribution in [1.29, 1.82) is 0 Å². The zero-order chi connectivity index (χ0) is 17.5. The Morgan fingerprint density at radius 2 is 1.88 bits per heavy atom. The van der Waals surface area contributed by atoms with Gasteiger partial charge in [-0.05, 0) is 42.5 Å². The van der Waals surface area contributed by atoms with Gasteiger partial charge in [0.1, 0.15) is 11.6 Å². The van der Waals surface area contributed by atoms with Gasteiger partial charge in [-0.1, -0.05) is 0 Å². The summed E-state index contributed by atoms with van der Waals surface area (Å²) in [6.07, 6.45) is 5.29. The first kappa shape index (κ1) is 16.6. The molecule has 128 valence electrons. The molecule has 2 aromatic heterocycles. The Morgan fingerprint density at radius 3 is 2.64 bits per heavy atom. The maximum Gasteiger partial charge on any atom is 0.258 e. The zero-order valence-electron chi connectivity index (χ0n) is 13.4. The highest BCUT2D eigenvalue weighted by molar-refractivity contribution is 5.77. The van der Waals surface area contributed by atoms with Crippen molar-refractivity contribution in [2.75, 3.05) is 13.2 Å². The number of rotatable bonds is 7. The average molecular weight is 340 g/mol. The molecule has 0 aliphatic carbocycles. The topological polar surface area (TPSA) is 69.0 Å². The van der Waals surface area contributed by atoms with Gasteiger partial charge in [0.25, 0.3) is 5.91 Å². The van der Waals surface area contributed by atoms with E-state index in [4.69, 9.17) is 4.74 Å². The monoisotopic (exact) mass is 340 g/mol. The summed E-state index contributed by atoms with van der Waals surface area (Å²) < 4.78 is 19.8. The number of pyridine rings is 1. The minimum Gasteiger partial charge on any atom is -0.484 e. The van der Waals surface area contributed by atoms with Gasteiger partial charge in [-0.25, -0.2) is 4.39 Å². The van der Waals surface area contributed by atoms with Crippen LogP contribution in [0.2, 0.25) is 0 Å². The fraction of sp³-hybridized carbons (Fsp3) is 0.167. The molecule has 0 aliphatic rings. The van der Waals surface area contributed by atoms with Crippen molar-refractivity contribution in [3.8, 4) is 17.0 Å².